The molecule has 0 saturated carbocycles. The van der Waals surface area contributed by atoms with E-state index in [0.717, 1.165) is 19.3 Å². The van der Waals surface area contributed by atoms with Gasteiger partial charge in [-0.3, -0.25) is 4.79 Å². The van der Waals surface area contributed by atoms with Crippen LogP contribution < -0.4 is 0 Å². The van der Waals surface area contributed by atoms with Gasteiger partial charge in [-0.05, 0) is 20.3 Å². The van der Waals surface area contributed by atoms with Crippen LogP contribution >= 0.6 is 0 Å². The maximum absolute atomic E-state index is 11.4. The van der Waals surface area contributed by atoms with Crippen LogP contribution in [0.3, 0.4) is 0 Å². The molecular formula is C13H24O4. The van der Waals surface area contributed by atoms with Crippen molar-refractivity contribution in [3.8, 4) is 0 Å². The summed E-state index contributed by atoms with van der Waals surface area (Å²) < 4.78 is 9.70. The highest BCUT2D eigenvalue weighted by atomic mass is 16.6. The third-order valence-corrected chi connectivity index (χ3v) is 2.41. The van der Waals surface area contributed by atoms with E-state index in [9.17, 15) is 9.59 Å². The highest BCUT2D eigenvalue weighted by molar-refractivity contribution is 5.78. The fraction of sp³-hybridized carbons (Fsp3) is 0.846. The van der Waals surface area contributed by atoms with Crippen LogP contribution in [0.1, 0.15) is 59.3 Å². The van der Waals surface area contributed by atoms with Gasteiger partial charge in [-0.2, -0.15) is 0 Å². The van der Waals surface area contributed by atoms with Crippen molar-refractivity contribution in [3.63, 3.8) is 0 Å². The summed E-state index contributed by atoms with van der Waals surface area (Å²) in [5.41, 5.74) is 0. The van der Waals surface area contributed by atoms with Crippen LogP contribution in [0.15, 0.2) is 0 Å². The lowest BCUT2D eigenvalue weighted by atomic mass is 10.1. The van der Waals surface area contributed by atoms with Crippen molar-refractivity contribution in [2.75, 3.05) is 6.61 Å². The Morgan fingerprint density at radius 3 is 2.29 bits per heavy atom. The largest absolute Gasteiger partial charge is 0.463 e. The zero-order valence-electron chi connectivity index (χ0n) is 11.2. The van der Waals surface area contributed by atoms with Crippen LogP contribution in [0.2, 0.25) is 0 Å². The number of ether oxygens (including phenoxy) is 2. The molecule has 4 heteroatoms. The second-order valence-electron chi connectivity index (χ2n) is 4.05. The van der Waals surface area contributed by atoms with Gasteiger partial charge in [0.2, 0.25) is 0 Å². The quantitative estimate of drug-likeness (QED) is 0.462. The van der Waals surface area contributed by atoms with Crippen molar-refractivity contribution < 1.29 is 19.1 Å². The molecule has 0 fully saturated rings. The predicted octanol–water partition coefficient (Wildman–Crippen LogP) is 2.84. The third-order valence-electron chi connectivity index (χ3n) is 2.41. The SMILES string of the molecule is CCCCCCCC(=O)O[C@@H](C)C(=O)OCC. The molecule has 100 valence electrons. The van der Waals surface area contributed by atoms with Crippen LogP contribution in [-0.4, -0.2) is 24.6 Å². The van der Waals surface area contributed by atoms with E-state index in [0.29, 0.717) is 13.0 Å². The topological polar surface area (TPSA) is 52.6 Å². The second-order valence-corrected chi connectivity index (χ2v) is 4.05. The van der Waals surface area contributed by atoms with Crippen molar-refractivity contribution in [1.29, 1.82) is 0 Å². The Kier molecular flexibility index (Phi) is 9.49. The molecule has 0 bridgehead atoms. The monoisotopic (exact) mass is 244 g/mol. The molecule has 0 spiro atoms. The molecule has 0 rings (SSSR count). The van der Waals surface area contributed by atoms with Gasteiger partial charge in [0.1, 0.15) is 0 Å². The molecule has 0 heterocycles. The van der Waals surface area contributed by atoms with Gasteiger partial charge in [-0.15, -0.1) is 0 Å². The smallest absolute Gasteiger partial charge is 0.347 e. The van der Waals surface area contributed by atoms with Crippen molar-refractivity contribution in [2.24, 2.45) is 0 Å². The first-order valence-electron chi connectivity index (χ1n) is 6.47. The van der Waals surface area contributed by atoms with Gasteiger partial charge in [0.25, 0.3) is 0 Å². The maximum Gasteiger partial charge on any atom is 0.347 e. The maximum atomic E-state index is 11.4. The second kappa shape index (κ2) is 10.1. The average molecular weight is 244 g/mol. The van der Waals surface area contributed by atoms with E-state index in [2.05, 4.69) is 6.92 Å². The normalized spacial score (nSPS) is 11.9. The fourth-order valence-corrected chi connectivity index (χ4v) is 1.44. The summed E-state index contributed by atoms with van der Waals surface area (Å²) in [4.78, 5) is 22.6. The van der Waals surface area contributed by atoms with Crippen molar-refractivity contribution in [3.05, 3.63) is 0 Å². The molecule has 0 aromatic carbocycles. The molecule has 0 N–H and O–H groups in total. The summed E-state index contributed by atoms with van der Waals surface area (Å²) in [7, 11) is 0. The zero-order valence-corrected chi connectivity index (χ0v) is 11.2. The number of esters is 2. The molecule has 0 radical (unpaired) electrons. The minimum Gasteiger partial charge on any atom is -0.463 e. The Morgan fingerprint density at radius 2 is 1.71 bits per heavy atom. The van der Waals surface area contributed by atoms with Crippen molar-refractivity contribution in [2.45, 2.75) is 65.4 Å². The molecule has 0 saturated heterocycles. The Balaban J connectivity index is 3.60. The molecule has 0 aliphatic carbocycles. The molecule has 0 aliphatic heterocycles. The van der Waals surface area contributed by atoms with Crippen LogP contribution in [0.5, 0.6) is 0 Å². The number of hydrogen-bond acceptors (Lipinski definition) is 4. The predicted molar refractivity (Wildman–Crippen MR) is 65.6 cm³/mol. The number of hydrogen-bond donors (Lipinski definition) is 0. The molecule has 17 heavy (non-hydrogen) atoms. The molecule has 1 atom stereocenters. The van der Waals surface area contributed by atoms with E-state index in [1.165, 1.54) is 19.8 Å². The zero-order chi connectivity index (χ0) is 13.1. The molecule has 0 unspecified atom stereocenters. The summed E-state index contributed by atoms with van der Waals surface area (Å²) in [6.45, 7) is 5.71. The Hall–Kier alpha value is -1.06. The Labute approximate surface area is 104 Å². The van der Waals surface area contributed by atoms with E-state index in [1.807, 2.05) is 0 Å². The lowest BCUT2D eigenvalue weighted by Gasteiger charge is -2.11. The first-order valence-corrected chi connectivity index (χ1v) is 6.47. The minimum atomic E-state index is -0.793. The summed E-state index contributed by atoms with van der Waals surface area (Å²) in [6, 6.07) is 0. The van der Waals surface area contributed by atoms with E-state index >= 15 is 0 Å². The molecule has 0 aromatic rings. The van der Waals surface area contributed by atoms with Gasteiger partial charge < -0.3 is 9.47 Å². The minimum absolute atomic E-state index is 0.303. The highest BCUT2D eigenvalue weighted by Gasteiger charge is 2.18. The molecule has 0 aromatic heterocycles. The average Bonchev–Trinajstić information content (AvgIpc) is 2.29. The number of carbonyl (C=O) groups excluding carboxylic acids is 2. The van der Waals surface area contributed by atoms with Gasteiger partial charge in [0.15, 0.2) is 6.10 Å². The van der Waals surface area contributed by atoms with Gasteiger partial charge in [-0.1, -0.05) is 32.6 Å². The summed E-state index contributed by atoms with van der Waals surface area (Å²) >= 11 is 0. The van der Waals surface area contributed by atoms with Crippen LogP contribution in [-0.2, 0) is 19.1 Å². The third kappa shape index (κ3) is 8.72. The van der Waals surface area contributed by atoms with E-state index in [4.69, 9.17) is 9.47 Å². The van der Waals surface area contributed by atoms with Crippen LogP contribution in [0.25, 0.3) is 0 Å². The van der Waals surface area contributed by atoms with Crippen molar-refractivity contribution in [1.82, 2.24) is 0 Å². The summed E-state index contributed by atoms with van der Waals surface area (Å²) in [6.07, 6.45) is 4.99. The molecule has 0 amide bonds. The van der Waals surface area contributed by atoms with Crippen LogP contribution in [0.4, 0.5) is 0 Å². The van der Waals surface area contributed by atoms with Gasteiger partial charge >= 0.3 is 11.9 Å². The first kappa shape index (κ1) is 15.9. The van der Waals surface area contributed by atoms with E-state index in [1.54, 1.807) is 6.92 Å². The van der Waals surface area contributed by atoms with Gasteiger partial charge in [-0.25, -0.2) is 4.79 Å². The number of unbranched alkanes of at least 4 members (excludes halogenated alkanes) is 4. The Morgan fingerprint density at radius 1 is 1.06 bits per heavy atom. The lowest BCUT2D eigenvalue weighted by Crippen LogP contribution is -2.26. The first-order chi connectivity index (χ1) is 8.11. The lowest BCUT2D eigenvalue weighted by molar-refractivity contribution is -0.166. The summed E-state index contributed by atoms with van der Waals surface area (Å²) in [5.74, 6) is -0.797. The fourth-order valence-electron chi connectivity index (χ4n) is 1.44. The number of rotatable bonds is 9. The van der Waals surface area contributed by atoms with Gasteiger partial charge in [0, 0.05) is 6.42 Å². The Bertz CT molecular complexity index is 225. The molecule has 0 aliphatic rings. The van der Waals surface area contributed by atoms with E-state index < -0.39 is 12.1 Å². The highest BCUT2D eigenvalue weighted by Crippen LogP contribution is 2.07. The van der Waals surface area contributed by atoms with E-state index in [-0.39, 0.29) is 5.97 Å². The van der Waals surface area contributed by atoms with Crippen molar-refractivity contribution >= 4 is 11.9 Å². The molecule has 4 nitrogen and oxygen atoms in total. The van der Waals surface area contributed by atoms with Gasteiger partial charge in [0.05, 0.1) is 6.61 Å². The standard InChI is InChI=1S/C13H24O4/c1-4-6-7-8-9-10-12(14)17-11(3)13(15)16-5-2/h11H,4-10H2,1-3H3/t11-/m0/s1. The molecular weight excluding hydrogens is 220 g/mol. The van der Waals surface area contributed by atoms with Crippen LogP contribution in [0, 0.1) is 0 Å². The summed E-state index contributed by atoms with van der Waals surface area (Å²) in [5, 5.41) is 0. The number of carbonyl (C=O) groups is 2.